The van der Waals surface area contributed by atoms with Crippen LogP contribution in [0.5, 0.6) is 0 Å². The van der Waals surface area contributed by atoms with Gasteiger partial charge < -0.3 is 15.3 Å². The zero-order chi connectivity index (χ0) is 24.1. The van der Waals surface area contributed by atoms with E-state index < -0.39 is 18.2 Å². The number of aliphatic hydroxyl groups is 2. The third-order valence-corrected chi connectivity index (χ3v) is 11.9. The SMILES string of the molecule is CC1(C)C[C@@H](C(=O)O)C2CCC3C(=CCC4C3(C)CCC3C4(C)C[C@@H](O)[C@H](O)C3(C)C)[C@@H]2C1. The monoisotopic (exact) mass is 458 g/mol. The van der Waals surface area contributed by atoms with E-state index in [1.54, 1.807) is 5.57 Å². The molecule has 10 atom stereocenters. The van der Waals surface area contributed by atoms with Crippen molar-refractivity contribution in [2.75, 3.05) is 0 Å². The highest BCUT2D eigenvalue weighted by Crippen LogP contribution is 2.71. The molecule has 6 unspecified atom stereocenters. The lowest BCUT2D eigenvalue weighted by atomic mass is 9.37. The van der Waals surface area contributed by atoms with Crippen LogP contribution < -0.4 is 0 Å². The number of rotatable bonds is 1. The Balaban J connectivity index is 1.52. The van der Waals surface area contributed by atoms with Crippen LogP contribution in [0.1, 0.15) is 92.9 Å². The molecule has 33 heavy (non-hydrogen) atoms. The molecule has 0 aromatic heterocycles. The Morgan fingerprint density at radius 3 is 2.27 bits per heavy atom. The molecular weight excluding hydrogens is 412 g/mol. The lowest BCUT2D eigenvalue weighted by Gasteiger charge is -2.68. The minimum Gasteiger partial charge on any atom is -0.481 e. The molecule has 0 aliphatic heterocycles. The largest absolute Gasteiger partial charge is 0.481 e. The summed E-state index contributed by atoms with van der Waals surface area (Å²) in [7, 11) is 0. The maximum atomic E-state index is 12.2. The number of carbonyl (C=O) groups is 1. The van der Waals surface area contributed by atoms with E-state index in [2.05, 4.69) is 47.6 Å². The number of fused-ring (bicyclic) bond motifs is 7. The van der Waals surface area contributed by atoms with Gasteiger partial charge in [0, 0.05) is 0 Å². The highest BCUT2D eigenvalue weighted by molar-refractivity contribution is 5.71. The Bertz CT molecular complexity index is 858. The third-order valence-electron chi connectivity index (χ3n) is 11.9. The summed E-state index contributed by atoms with van der Waals surface area (Å²) in [5.74, 6) is 1.34. The van der Waals surface area contributed by atoms with E-state index in [4.69, 9.17) is 0 Å². The topological polar surface area (TPSA) is 77.8 Å². The van der Waals surface area contributed by atoms with Crippen molar-refractivity contribution in [3.8, 4) is 0 Å². The van der Waals surface area contributed by atoms with Crippen LogP contribution in [0.3, 0.4) is 0 Å². The van der Waals surface area contributed by atoms with Gasteiger partial charge in [-0.1, -0.05) is 53.2 Å². The van der Waals surface area contributed by atoms with E-state index in [-0.39, 0.29) is 33.5 Å². The van der Waals surface area contributed by atoms with Gasteiger partial charge in [0.2, 0.25) is 0 Å². The fourth-order valence-corrected chi connectivity index (χ4v) is 10.6. The Labute approximate surface area is 200 Å². The molecule has 3 N–H and O–H groups in total. The van der Waals surface area contributed by atoms with E-state index >= 15 is 0 Å². The second-order valence-electron chi connectivity index (χ2n) is 14.6. The van der Waals surface area contributed by atoms with Gasteiger partial charge in [-0.15, -0.1) is 0 Å². The number of aliphatic hydroxyl groups excluding tert-OH is 2. The van der Waals surface area contributed by atoms with E-state index in [0.717, 1.165) is 38.5 Å². The first-order valence-electron chi connectivity index (χ1n) is 13.5. The highest BCUT2D eigenvalue weighted by Gasteiger charge is 2.65. The number of carboxylic acids is 1. The average molecular weight is 459 g/mol. The smallest absolute Gasteiger partial charge is 0.306 e. The summed E-state index contributed by atoms with van der Waals surface area (Å²) in [6.45, 7) is 13.8. The summed E-state index contributed by atoms with van der Waals surface area (Å²) >= 11 is 0. The second kappa shape index (κ2) is 7.32. The fraction of sp³-hybridized carbons (Fsp3) is 0.897. The summed E-state index contributed by atoms with van der Waals surface area (Å²) in [6.07, 6.45) is 9.31. The van der Waals surface area contributed by atoms with Crippen LogP contribution in [0.15, 0.2) is 11.6 Å². The van der Waals surface area contributed by atoms with Gasteiger partial charge in [-0.2, -0.15) is 0 Å². The Morgan fingerprint density at radius 2 is 1.61 bits per heavy atom. The fourth-order valence-electron chi connectivity index (χ4n) is 10.6. The van der Waals surface area contributed by atoms with Crippen molar-refractivity contribution in [2.45, 2.75) is 105 Å². The first kappa shape index (κ1) is 23.9. The molecule has 0 saturated heterocycles. The Morgan fingerprint density at radius 1 is 0.909 bits per heavy atom. The van der Waals surface area contributed by atoms with E-state index in [0.29, 0.717) is 30.1 Å². The van der Waals surface area contributed by atoms with Gasteiger partial charge >= 0.3 is 5.97 Å². The lowest BCUT2D eigenvalue weighted by Crippen LogP contribution is -2.64. The van der Waals surface area contributed by atoms with Crippen molar-refractivity contribution in [3.63, 3.8) is 0 Å². The van der Waals surface area contributed by atoms with Crippen molar-refractivity contribution in [1.82, 2.24) is 0 Å². The molecule has 4 fully saturated rings. The second-order valence-corrected chi connectivity index (χ2v) is 14.6. The highest BCUT2D eigenvalue weighted by atomic mass is 16.4. The number of hydrogen-bond donors (Lipinski definition) is 3. The van der Waals surface area contributed by atoms with Crippen molar-refractivity contribution in [2.24, 2.45) is 57.2 Å². The van der Waals surface area contributed by atoms with Gasteiger partial charge in [-0.25, -0.2) is 0 Å². The van der Waals surface area contributed by atoms with Crippen LogP contribution >= 0.6 is 0 Å². The summed E-state index contributed by atoms with van der Waals surface area (Å²) < 4.78 is 0. The molecule has 0 radical (unpaired) electrons. The molecule has 0 spiro atoms. The van der Waals surface area contributed by atoms with E-state index in [1.165, 1.54) is 6.42 Å². The predicted octanol–water partition coefficient (Wildman–Crippen LogP) is 5.67. The number of carboxylic acid groups (broad SMARTS) is 1. The number of allylic oxidation sites excluding steroid dienone is 2. The van der Waals surface area contributed by atoms with Gasteiger partial charge in [-0.3, -0.25) is 4.79 Å². The van der Waals surface area contributed by atoms with Crippen LogP contribution in [0.2, 0.25) is 0 Å². The van der Waals surface area contributed by atoms with E-state index in [1.807, 2.05) is 0 Å². The van der Waals surface area contributed by atoms with E-state index in [9.17, 15) is 20.1 Å². The minimum atomic E-state index is -0.653. The first-order chi connectivity index (χ1) is 15.2. The van der Waals surface area contributed by atoms with Gasteiger partial charge in [0.05, 0.1) is 18.1 Å². The molecule has 5 aliphatic carbocycles. The van der Waals surface area contributed by atoms with Crippen molar-refractivity contribution in [1.29, 1.82) is 0 Å². The third kappa shape index (κ3) is 3.25. The summed E-state index contributed by atoms with van der Waals surface area (Å²) in [5.41, 5.74) is 1.59. The van der Waals surface area contributed by atoms with Gasteiger partial charge in [-0.05, 0) is 103 Å². The van der Waals surface area contributed by atoms with Crippen LogP contribution in [0.25, 0.3) is 0 Å². The number of aliphatic carboxylic acids is 1. The normalized spacial score (nSPS) is 52.4. The number of hydrogen-bond acceptors (Lipinski definition) is 3. The lowest BCUT2D eigenvalue weighted by molar-refractivity contribution is -0.219. The van der Waals surface area contributed by atoms with Crippen LogP contribution in [-0.4, -0.2) is 33.5 Å². The maximum Gasteiger partial charge on any atom is 0.306 e. The standard InChI is InChI=1S/C29H46O4/c1-26(2)13-18-16(19(14-26)25(32)33)7-9-20-17(18)8-10-23-28(20,5)12-11-22-27(3,4)24(31)21(30)15-29(22,23)6/h8,16,18-24,30-31H,7,9-15H2,1-6H3,(H,32,33)/t16?,18-,19-,20?,21-,22?,23?,24+,28?,29?/m1/s1. The van der Waals surface area contributed by atoms with Crippen LogP contribution in [0.4, 0.5) is 0 Å². The molecule has 4 nitrogen and oxygen atoms in total. The molecule has 4 heteroatoms. The van der Waals surface area contributed by atoms with Gasteiger partial charge in [0.1, 0.15) is 0 Å². The molecule has 0 heterocycles. The van der Waals surface area contributed by atoms with Crippen LogP contribution in [-0.2, 0) is 4.79 Å². The Kier molecular flexibility index (Phi) is 5.29. The van der Waals surface area contributed by atoms with Crippen molar-refractivity contribution in [3.05, 3.63) is 11.6 Å². The molecular formula is C29H46O4. The minimum absolute atomic E-state index is 0.0173. The van der Waals surface area contributed by atoms with Crippen LogP contribution in [0, 0.1) is 57.2 Å². The summed E-state index contributed by atoms with van der Waals surface area (Å²) in [5, 5.41) is 31.8. The zero-order valence-electron chi connectivity index (χ0n) is 21.6. The first-order valence-corrected chi connectivity index (χ1v) is 13.5. The summed E-state index contributed by atoms with van der Waals surface area (Å²) in [4.78, 5) is 12.2. The molecule has 0 bridgehead atoms. The van der Waals surface area contributed by atoms with Crippen molar-refractivity contribution < 1.29 is 20.1 Å². The quantitative estimate of drug-likeness (QED) is 0.442. The molecule has 5 rings (SSSR count). The molecule has 0 aromatic carbocycles. The average Bonchev–Trinajstić information content (AvgIpc) is 2.70. The zero-order valence-corrected chi connectivity index (χ0v) is 21.6. The molecule has 186 valence electrons. The Hall–Kier alpha value is -0.870. The molecule has 0 amide bonds. The molecule has 5 aliphatic rings. The van der Waals surface area contributed by atoms with Gasteiger partial charge in [0.15, 0.2) is 0 Å². The van der Waals surface area contributed by atoms with Crippen molar-refractivity contribution >= 4 is 5.97 Å². The maximum absolute atomic E-state index is 12.2. The van der Waals surface area contributed by atoms with Gasteiger partial charge in [0.25, 0.3) is 0 Å². The predicted molar refractivity (Wildman–Crippen MR) is 129 cm³/mol. The molecule has 0 aromatic rings. The molecule has 4 saturated carbocycles. The summed E-state index contributed by atoms with van der Waals surface area (Å²) in [6, 6.07) is 0.